The van der Waals surface area contributed by atoms with Crippen LogP contribution in [0.3, 0.4) is 0 Å². The minimum atomic E-state index is -0.294. The van der Waals surface area contributed by atoms with Crippen LogP contribution in [0, 0.1) is 5.82 Å². The van der Waals surface area contributed by atoms with Gasteiger partial charge in [-0.1, -0.05) is 18.2 Å². The minimum absolute atomic E-state index is 0.294. The molecule has 0 radical (unpaired) electrons. The zero-order valence-electron chi connectivity index (χ0n) is 9.52. The van der Waals surface area contributed by atoms with Crippen LogP contribution in [0.1, 0.15) is 5.56 Å². The van der Waals surface area contributed by atoms with Crippen LogP contribution < -0.4 is 4.74 Å². The van der Waals surface area contributed by atoms with Gasteiger partial charge in [0.2, 0.25) is 0 Å². The molecule has 17 heavy (non-hydrogen) atoms. The fraction of sp³-hybridized carbons (Fsp3) is 0.143. The zero-order chi connectivity index (χ0) is 12.1. The number of hydrogen-bond acceptors (Lipinski definition) is 2. The Kier molecular flexibility index (Phi) is 3.73. The van der Waals surface area contributed by atoms with Gasteiger partial charge in [0.1, 0.15) is 17.3 Å². The molecule has 0 atom stereocenters. The third-order valence-corrected chi connectivity index (χ3v) is 2.29. The van der Waals surface area contributed by atoms with Crippen molar-refractivity contribution in [2.45, 2.75) is 6.61 Å². The van der Waals surface area contributed by atoms with Crippen molar-refractivity contribution >= 4 is 0 Å². The Morgan fingerprint density at radius 1 is 1.06 bits per heavy atom. The lowest BCUT2D eigenvalue weighted by Crippen LogP contribution is -1.94. The topological polar surface area (TPSA) is 18.5 Å². The Morgan fingerprint density at radius 2 is 1.82 bits per heavy atom. The summed E-state index contributed by atoms with van der Waals surface area (Å²) in [5.74, 6) is 1.04. The maximum atomic E-state index is 13.1. The van der Waals surface area contributed by atoms with Crippen LogP contribution >= 0.6 is 0 Å². The lowest BCUT2D eigenvalue weighted by Gasteiger charge is -2.10. The molecule has 0 saturated carbocycles. The molecule has 0 heterocycles. The van der Waals surface area contributed by atoms with E-state index in [9.17, 15) is 4.39 Å². The van der Waals surface area contributed by atoms with Crippen LogP contribution in [0.25, 0.3) is 0 Å². The Bertz CT molecular complexity index is 483. The Balaban J connectivity index is 2.26. The van der Waals surface area contributed by atoms with Crippen molar-refractivity contribution < 1.29 is 13.9 Å². The number of methoxy groups -OCH3 is 1. The van der Waals surface area contributed by atoms with Gasteiger partial charge in [0.15, 0.2) is 0 Å². The second kappa shape index (κ2) is 5.46. The number of rotatable bonds is 4. The Hall–Kier alpha value is -1.87. The molecule has 0 fully saturated rings. The zero-order valence-corrected chi connectivity index (χ0v) is 9.52. The first-order chi connectivity index (χ1) is 8.29. The van der Waals surface area contributed by atoms with Gasteiger partial charge in [0.05, 0.1) is 6.61 Å². The molecule has 2 rings (SSSR count). The smallest absolute Gasteiger partial charge is 0.133 e. The molecule has 0 N–H and O–H groups in total. The fourth-order valence-corrected chi connectivity index (χ4v) is 1.53. The second-order valence-corrected chi connectivity index (χ2v) is 3.60. The maximum Gasteiger partial charge on any atom is 0.133 e. The van der Waals surface area contributed by atoms with Gasteiger partial charge in [-0.2, -0.15) is 0 Å². The Morgan fingerprint density at radius 3 is 2.53 bits per heavy atom. The molecule has 88 valence electrons. The van der Waals surface area contributed by atoms with E-state index in [0.29, 0.717) is 17.9 Å². The highest BCUT2D eigenvalue weighted by atomic mass is 19.1. The van der Waals surface area contributed by atoms with E-state index in [1.54, 1.807) is 13.2 Å². The molecule has 3 heteroatoms. The quantitative estimate of drug-likeness (QED) is 0.799. The molecule has 0 spiro atoms. The molecule has 0 saturated heterocycles. The molecule has 0 aliphatic heterocycles. The van der Waals surface area contributed by atoms with E-state index in [2.05, 4.69) is 0 Å². The van der Waals surface area contributed by atoms with Gasteiger partial charge in [0, 0.05) is 12.7 Å². The fourth-order valence-electron chi connectivity index (χ4n) is 1.53. The van der Waals surface area contributed by atoms with Crippen molar-refractivity contribution in [1.82, 2.24) is 0 Å². The van der Waals surface area contributed by atoms with E-state index in [1.807, 2.05) is 30.3 Å². The molecule has 0 amide bonds. The summed E-state index contributed by atoms with van der Waals surface area (Å²) in [5.41, 5.74) is 0.691. The molecule has 0 aliphatic carbocycles. The molecular formula is C14H13FO2. The minimum Gasteiger partial charge on any atom is -0.457 e. The molecule has 0 bridgehead atoms. The molecule has 2 aromatic carbocycles. The molecule has 0 aliphatic rings. The molecule has 0 unspecified atom stereocenters. The molecule has 0 aromatic heterocycles. The summed E-state index contributed by atoms with van der Waals surface area (Å²) in [7, 11) is 1.57. The van der Waals surface area contributed by atoms with Gasteiger partial charge in [-0.05, 0) is 30.3 Å². The summed E-state index contributed by atoms with van der Waals surface area (Å²) >= 11 is 0. The molecule has 2 aromatic rings. The first-order valence-electron chi connectivity index (χ1n) is 5.30. The maximum absolute atomic E-state index is 13.1. The Labute approximate surface area is 99.6 Å². The van der Waals surface area contributed by atoms with Gasteiger partial charge in [0.25, 0.3) is 0 Å². The molecular weight excluding hydrogens is 219 g/mol. The average Bonchev–Trinajstić information content (AvgIpc) is 2.34. The van der Waals surface area contributed by atoms with Crippen molar-refractivity contribution in [1.29, 1.82) is 0 Å². The van der Waals surface area contributed by atoms with Gasteiger partial charge in [-0.15, -0.1) is 0 Å². The van der Waals surface area contributed by atoms with Crippen molar-refractivity contribution in [2.24, 2.45) is 0 Å². The van der Waals surface area contributed by atoms with E-state index in [4.69, 9.17) is 9.47 Å². The summed E-state index contributed by atoms with van der Waals surface area (Å²) in [6.45, 7) is 0.319. The average molecular weight is 232 g/mol. The first kappa shape index (κ1) is 11.6. The summed E-state index contributed by atoms with van der Waals surface area (Å²) in [5, 5.41) is 0. The third kappa shape index (κ3) is 3.04. The van der Waals surface area contributed by atoms with Crippen LogP contribution in [-0.2, 0) is 11.3 Å². The van der Waals surface area contributed by atoms with E-state index in [0.717, 1.165) is 5.75 Å². The number of halogens is 1. The summed E-state index contributed by atoms with van der Waals surface area (Å²) in [6, 6.07) is 13.8. The van der Waals surface area contributed by atoms with Crippen molar-refractivity contribution in [3.63, 3.8) is 0 Å². The van der Waals surface area contributed by atoms with Crippen LogP contribution in [-0.4, -0.2) is 7.11 Å². The normalized spacial score (nSPS) is 10.2. The number of para-hydroxylation sites is 1. The summed E-state index contributed by atoms with van der Waals surface area (Å²) in [6.07, 6.45) is 0. The van der Waals surface area contributed by atoms with E-state index >= 15 is 0 Å². The monoisotopic (exact) mass is 232 g/mol. The summed E-state index contributed by atoms with van der Waals surface area (Å²) in [4.78, 5) is 0. The number of hydrogen-bond donors (Lipinski definition) is 0. The standard InChI is InChI=1S/C14H13FO2/c1-16-10-11-9-12(15)7-8-14(11)17-13-5-3-2-4-6-13/h2-9H,10H2,1H3. The van der Waals surface area contributed by atoms with E-state index in [-0.39, 0.29) is 5.82 Å². The van der Waals surface area contributed by atoms with Gasteiger partial charge in [-0.25, -0.2) is 4.39 Å². The highest BCUT2D eigenvalue weighted by molar-refractivity contribution is 5.37. The second-order valence-electron chi connectivity index (χ2n) is 3.60. The van der Waals surface area contributed by atoms with Gasteiger partial charge in [-0.3, -0.25) is 0 Å². The largest absolute Gasteiger partial charge is 0.457 e. The first-order valence-corrected chi connectivity index (χ1v) is 5.30. The van der Waals surface area contributed by atoms with Crippen molar-refractivity contribution in [3.05, 3.63) is 59.9 Å². The number of ether oxygens (including phenoxy) is 2. The lowest BCUT2D eigenvalue weighted by molar-refractivity contribution is 0.182. The predicted octanol–water partition coefficient (Wildman–Crippen LogP) is 3.76. The van der Waals surface area contributed by atoms with Crippen LogP contribution in [0.2, 0.25) is 0 Å². The number of benzene rings is 2. The predicted molar refractivity (Wildman–Crippen MR) is 63.6 cm³/mol. The summed E-state index contributed by atoms with van der Waals surface area (Å²) < 4.78 is 23.8. The van der Waals surface area contributed by atoms with Gasteiger partial charge < -0.3 is 9.47 Å². The van der Waals surface area contributed by atoms with Crippen molar-refractivity contribution in [2.75, 3.05) is 7.11 Å². The van der Waals surface area contributed by atoms with E-state index < -0.39 is 0 Å². The van der Waals surface area contributed by atoms with E-state index in [1.165, 1.54) is 12.1 Å². The van der Waals surface area contributed by atoms with Gasteiger partial charge >= 0.3 is 0 Å². The van der Waals surface area contributed by atoms with Crippen LogP contribution in [0.15, 0.2) is 48.5 Å². The third-order valence-electron chi connectivity index (χ3n) is 2.29. The van der Waals surface area contributed by atoms with Crippen LogP contribution in [0.5, 0.6) is 11.5 Å². The van der Waals surface area contributed by atoms with Crippen LogP contribution in [0.4, 0.5) is 4.39 Å². The molecule has 2 nitrogen and oxygen atoms in total. The van der Waals surface area contributed by atoms with Crippen molar-refractivity contribution in [3.8, 4) is 11.5 Å². The SMILES string of the molecule is COCc1cc(F)ccc1Oc1ccccc1. The highest BCUT2D eigenvalue weighted by Gasteiger charge is 2.06. The lowest BCUT2D eigenvalue weighted by atomic mass is 10.2. The highest BCUT2D eigenvalue weighted by Crippen LogP contribution is 2.26.